The second-order valence-electron chi connectivity index (χ2n) is 3.38. The fourth-order valence-corrected chi connectivity index (χ4v) is 0.683. The van der Waals surface area contributed by atoms with Gasteiger partial charge in [-0.15, -0.1) is 0 Å². The van der Waals surface area contributed by atoms with Crippen LogP contribution in [0.3, 0.4) is 0 Å². The van der Waals surface area contributed by atoms with Gasteiger partial charge in [-0.3, -0.25) is 4.79 Å². The quantitative estimate of drug-likeness (QED) is 0.626. The van der Waals surface area contributed by atoms with Crippen LogP contribution in [0.1, 0.15) is 27.2 Å². The lowest BCUT2D eigenvalue weighted by Gasteiger charge is -2.08. The third-order valence-electron chi connectivity index (χ3n) is 1.21. The molecule has 0 aliphatic rings. The van der Waals surface area contributed by atoms with Crippen molar-refractivity contribution in [3.63, 3.8) is 0 Å². The summed E-state index contributed by atoms with van der Waals surface area (Å²) < 4.78 is 0. The molecule has 66 valence electrons. The van der Waals surface area contributed by atoms with Crippen LogP contribution in [0, 0.1) is 5.92 Å². The number of rotatable bonds is 4. The number of amides is 1. The van der Waals surface area contributed by atoms with Gasteiger partial charge in [-0.05, 0) is 12.8 Å². The zero-order chi connectivity index (χ0) is 8.85. The molecule has 0 spiro atoms. The summed E-state index contributed by atoms with van der Waals surface area (Å²) in [6.07, 6.45) is 0.423. The zero-order valence-corrected chi connectivity index (χ0v) is 7.55. The minimum Gasteiger partial charge on any atom is -0.356 e. The van der Waals surface area contributed by atoms with E-state index in [-0.39, 0.29) is 11.9 Å². The highest BCUT2D eigenvalue weighted by Gasteiger charge is 2.04. The Balaban J connectivity index is 3.38. The monoisotopic (exact) mass is 158 g/mol. The molecular formula is C8H18N2O. The van der Waals surface area contributed by atoms with Gasteiger partial charge in [0.1, 0.15) is 0 Å². The Morgan fingerprint density at radius 2 is 2.00 bits per heavy atom. The van der Waals surface area contributed by atoms with Gasteiger partial charge in [-0.25, -0.2) is 0 Å². The van der Waals surface area contributed by atoms with E-state index in [1.54, 1.807) is 0 Å². The first-order valence-corrected chi connectivity index (χ1v) is 4.04. The Kier molecular flexibility index (Phi) is 4.86. The van der Waals surface area contributed by atoms with E-state index >= 15 is 0 Å². The van der Waals surface area contributed by atoms with E-state index in [0.29, 0.717) is 12.3 Å². The molecule has 0 heterocycles. The van der Waals surface area contributed by atoms with Crippen LogP contribution in [-0.2, 0) is 4.79 Å². The fraction of sp³-hybridized carbons (Fsp3) is 0.875. The summed E-state index contributed by atoms with van der Waals surface area (Å²) in [6, 6.07) is -0.0397. The van der Waals surface area contributed by atoms with Gasteiger partial charge in [0.2, 0.25) is 5.91 Å². The molecule has 1 unspecified atom stereocenters. The number of carbonyl (C=O) groups is 1. The molecule has 3 nitrogen and oxygen atoms in total. The van der Waals surface area contributed by atoms with Crippen molar-refractivity contribution in [3.05, 3.63) is 0 Å². The van der Waals surface area contributed by atoms with Gasteiger partial charge in [0.25, 0.3) is 0 Å². The van der Waals surface area contributed by atoms with E-state index < -0.39 is 0 Å². The number of nitrogens with one attached hydrogen (secondary N) is 1. The second kappa shape index (κ2) is 5.13. The van der Waals surface area contributed by atoms with Gasteiger partial charge >= 0.3 is 0 Å². The molecule has 0 fully saturated rings. The van der Waals surface area contributed by atoms with Crippen LogP contribution < -0.4 is 11.1 Å². The maximum Gasteiger partial charge on any atom is 0.221 e. The van der Waals surface area contributed by atoms with Crippen molar-refractivity contribution in [2.45, 2.75) is 33.2 Å². The Morgan fingerprint density at radius 1 is 1.45 bits per heavy atom. The van der Waals surface area contributed by atoms with Crippen molar-refractivity contribution in [1.82, 2.24) is 5.32 Å². The van der Waals surface area contributed by atoms with Gasteiger partial charge in [-0.2, -0.15) is 0 Å². The first-order valence-electron chi connectivity index (χ1n) is 4.04. The third kappa shape index (κ3) is 7.33. The highest BCUT2D eigenvalue weighted by Crippen LogP contribution is 1.89. The van der Waals surface area contributed by atoms with Crippen molar-refractivity contribution < 1.29 is 4.79 Å². The molecule has 0 rings (SSSR count). The van der Waals surface area contributed by atoms with Gasteiger partial charge < -0.3 is 11.1 Å². The van der Waals surface area contributed by atoms with Gasteiger partial charge in [-0.1, -0.05) is 13.8 Å². The fourth-order valence-electron chi connectivity index (χ4n) is 0.683. The molecule has 3 heteroatoms. The lowest BCUT2D eigenvalue weighted by atomic mass is 10.2. The lowest BCUT2D eigenvalue weighted by molar-refractivity contribution is -0.121. The summed E-state index contributed by atoms with van der Waals surface area (Å²) in [6.45, 7) is 6.69. The molecule has 0 saturated carbocycles. The molecule has 1 amide bonds. The Hall–Kier alpha value is -0.570. The molecule has 0 aliphatic carbocycles. The van der Waals surface area contributed by atoms with Crippen LogP contribution in [0.15, 0.2) is 0 Å². The zero-order valence-electron chi connectivity index (χ0n) is 7.55. The molecule has 0 aromatic rings. The summed E-state index contributed by atoms with van der Waals surface area (Å²) in [4.78, 5) is 11.0. The van der Waals surface area contributed by atoms with Crippen molar-refractivity contribution in [2.75, 3.05) is 6.54 Å². The van der Waals surface area contributed by atoms with Gasteiger partial charge in [0, 0.05) is 19.0 Å². The van der Waals surface area contributed by atoms with E-state index in [9.17, 15) is 4.79 Å². The molecular weight excluding hydrogens is 140 g/mol. The summed E-state index contributed by atoms with van der Waals surface area (Å²) in [5, 5.41) is 2.79. The Bertz CT molecular complexity index is 121. The van der Waals surface area contributed by atoms with E-state index in [1.807, 2.05) is 6.92 Å². The number of hydrogen-bond acceptors (Lipinski definition) is 2. The van der Waals surface area contributed by atoms with Crippen molar-refractivity contribution in [2.24, 2.45) is 11.7 Å². The maximum absolute atomic E-state index is 11.0. The average Bonchev–Trinajstić information content (AvgIpc) is 1.82. The third-order valence-corrected chi connectivity index (χ3v) is 1.21. The Labute approximate surface area is 68.3 Å². The highest BCUT2D eigenvalue weighted by atomic mass is 16.1. The van der Waals surface area contributed by atoms with Crippen LogP contribution in [0.4, 0.5) is 0 Å². The largest absolute Gasteiger partial charge is 0.356 e. The topological polar surface area (TPSA) is 55.1 Å². The molecule has 0 aromatic heterocycles. The highest BCUT2D eigenvalue weighted by molar-refractivity contribution is 5.76. The first kappa shape index (κ1) is 10.4. The van der Waals surface area contributed by atoms with Gasteiger partial charge in [0.05, 0.1) is 0 Å². The van der Waals surface area contributed by atoms with Crippen LogP contribution >= 0.6 is 0 Å². The summed E-state index contributed by atoms with van der Waals surface area (Å²) >= 11 is 0. The predicted molar refractivity (Wildman–Crippen MR) is 46.1 cm³/mol. The molecule has 1 atom stereocenters. The number of hydrogen-bond donors (Lipinski definition) is 2. The Morgan fingerprint density at radius 3 is 2.36 bits per heavy atom. The van der Waals surface area contributed by atoms with E-state index in [0.717, 1.165) is 6.54 Å². The molecule has 11 heavy (non-hydrogen) atoms. The van der Waals surface area contributed by atoms with Crippen LogP contribution in [0.25, 0.3) is 0 Å². The minimum absolute atomic E-state index is 0.0397. The molecule has 0 aliphatic heterocycles. The van der Waals surface area contributed by atoms with Crippen molar-refractivity contribution in [3.8, 4) is 0 Å². The normalized spacial score (nSPS) is 13.2. The smallest absolute Gasteiger partial charge is 0.221 e. The molecule has 3 N–H and O–H groups in total. The lowest BCUT2D eigenvalue weighted by Crippen LogP contribution is -2.32. The van der Waals surface area contributed by atoms with E-state index in [4.69, 9.17) is 5.73 Å². The molecule has 0 bridgehead atoms. The van der Waals surface area contributed by atoms with Crippen LogP contribution in [0.2, 0.25) is 0 Å². The van der Waals surface area contributed by atoms with Crippen LogP contribution in [0.5, 0.6) is 0 Å². The molecule has 0 saturated heterocycles. The van der Waals surface area contributed by atoms with E-state index in [1.165, 1.54) is 0 Å². The summed E-state index contributed by atoms with van der Waals surface area (Å²) in [7, 11) is 0. The first-order chi connectivity index (χ1) is 5.02. The van der Waals surface area contributed by atoms with Crippen molar-refractivity contribution >= 4 is 5.91 Å². The SMILES string of the molecule is CC(C)CNC(=O)CC(C)N. The van der Waals surface area contributed by atoms with Crippen LogP contribution in [-0.4, -0.2) is 18.5 Å². The maximum atomic E-state index is 11.0. The summed E-state index contributed by atoms with van der Waals surface area (Å²) in [5.41, 5.74) is 5.44. The predicted octanol–water partition coefficient (Wildman–Crippen LogP) is 0.496. The van der Waals surface area contributed by atoms with Crippen molar-refractivity contribution in [1.29, 1.82) is 0 Å². The minimum atomic E-state index is -0.0397. The van der Waals surface area contributed by atoms with E-state index in [2.05, 4.69) is 19.2 Å². The van der Waals surface area contributed by atoms with Gasteiger partial charge in [0.15, 0.2) is 0 Å². The molecule has 0 aromatic carbocycles. The summed E-state index contributed by atoms with van der Waals surface area (Å²) in [5.74, 6) is 0.556. The second-order valence-corrected chi connectivity index (χ2v) is 3.38. The standard InChI is InChI=1S/C8H18N2O/c1-6(2)5-10-8(11)4-7(3)9/h6-7H,4-5,9H2,1-3H3,(H,10,11). The number of nitrogens with two attached hydrogens (primary N) is 1. The average molecular weight is 158 g/mol. The molecule has 0 radical (unpaired) electrons. The number of carbonyl (C=O) groups excluding carboxylic acids is 1.